The van der Waals surface area contributed by atoms with Crippen LogP contribution in [0.3, 0.4) is 0 Å². The Hall–Kier alpha value is -3.05. The van der Waals surface area contributed by atoms with Crippen LogP contribution in [0.2, 0.25) is 0 Å². The fourth-order valence-electron chi connectivity index (χ4n) is 3.34. The highest BCUT2D eigenvalue weighted by Gasteiger charge is 2.46. The number of rotatable bonds is 7. The summed E-state index contributed by atoms with van der Waals surface area (Å²) >= 11 is 0. The Morgan fingerprint density at radius 2 is 2.00 bits per heavy atom. The van der Waals surface area contributed by atoms with Gasteiger partial charge < -0.3 is 20.6 Å². The Morgan fingerprint density at radius 3 is 2.69 bits per heavy atom. The number of aliphatic hydroxyl groups is 1. The van der Waals surface area contributed by atoms with Gasteiger partial charge in [0, 0.05) is 29.8 Å². The van der Waals surface area contributed by atoms with Crippen molar-refractivity contribution in [3.63, 3.8) is 0 Å². The molecule has 172 valence electrons. The molecule has 4 N–H and O–H groups in total. The van der Waals surface area contributed by atoms with Gasteiger partial charge in [-0.1, -0.05) is 30.3 Å². The molecular formula is C21H22F3N3O4S. The maximum absolute atomic E-state index is 12.8. The summed E-state index contributed by atoms with van der Waals surface area (Å²) in [5.41, 5.74) is -4.23. The van der Waals surface area contributed by atoms with Gasteiger partial charge in [-0.15, -0.1) is 0 Å². The first-order chi connectivity index (χ1) is 15.0. The van der Waals surface area contributed by atoms with E-state index in [4.69, 9.17) is 10.1 Å². The number of nitrogens with one attached hydrogen (secondary N) is 3. The van der Waals surface area contributed by atoms with Crippen molar-refractivity contribution in [3.05, 3.63) is 60.3 Å². The third-order valence-corrected chi connectivity index (χ3v) is 6.05. The maximum Gasteiger partial charge on any atom is 0.516 e. The summed E-state index contributed by atoms with van der Waals surface area (Å²) in [4.78, 5) is 0. The summed E-state index contributed by atoms with van der Waals surface area (Å²) in [5, 5.41) is 21.5. The molecule has 0 spiro atoms. The number of halogens is 3. The normalized spacial score (nSPS) is 18.7. The second-order valence-corrected chi connectivity index (χ2v) is 8.89. The number of sulfonamides is 1. The zero-order valence-electron chi connectivity index (χ0n) is 17.0. The van der Waals surface area contributed by atoms with Gasteiger partial charge in [0.1, 0.15) is 5.75 Å². The zero-order chi connectivity index (χ0) is 23.5. The van der Waals surface area contributed by atoms with E-state index in [1.54, 1.807) is 48.3 Å². The van der Waals surface area contributed by atoms with E-state index in [-0.39, 0.29) is 23.8 Å². The third-order valence-electron chi connectivity index (χ3n) is 4.95. The molecule has 0 bridgehead atoms. The molecule has 0 saturated heterocycles. The van der Waals surface area contributed by atoms with Gasteiger partial charge in [-0.2, -0.15) is 21.6 Å². The van der Waals surface area contributed by atoms with Gasteiger partial charge in [0.05, 0.1) is 18.4 Å². The van der Waals surface area contributed by atoms with Gasteiger partial charge in [-0.05, 0) is 36.4 Å². The van der Waals surface area contributed by atoms with Crippen LogP contribution in [0.25, 0.3) is 11.1 Å². The maximum atomic E-state index is 12.8. The van der Waals surface area contributed by atoms with E-state index in [0.29, 0.717) is 29.0 Å². The second-order valence-electron chi connectivity index (χ2n) is 7.22. The summed E-state index contributed by atoms with van der Waals surface area (Å²) in [6.07, 6.45) is 2.60. The lowest BCUT2D eigenvalue weighted by molar-refractivity contribution is -0.0429. The Labute approximate surface area is 183 Å². The minimum atomic E-state index is -5.58. The van der Waals surface area contributed by atoms with Gasteiger partial charge in [0.2, 0.25) is 0 Å². The summed E-state index contributed by atoms with van der Waals surface area (Å²) in [6, 6.07) is 10.4. The number of aliphatic hydroxyl groups excluding tert-OH is 1. The van der Waals surface area contributed by atoms with E-state index in [9.17, 15) is 26.7 Å². The fraction of sp³-hybridized carbons (Fsp3) is 0.286. The number of hydrogen-bond donors (Lipinski definition) is 4. The lowest BCUT2D eigenvalue weighted by atomic mass is 9.88. The van der Waals surface area contributed by atoms with Crippen molar-refractivity contribution in [1.82, 2.24) is 5.32 Å². The van der Waals surface area contributed by atoms with Gasteiger partial charge in [-0.25, -0.2) is 0 Å². The standard InChI is InChI=1S/C21H22F3N3O4S/c1-26-9-8-15(25)10-14-12-31-19-11-13(6-7-17(19)20(14)28)16-4-2-3-5-18(16)27-32(29,30)21(22,23)24/h2-9,11,14,20,25-28H,10,12H2,1H3/b9-8-,25-15?/t14-,20+/m1/s1. The summed E-state index contributed by atoms with van der Waals surface area (Å²) in [5.74, 6) is 0.00488. The highest BCUT2D eigenvalue weighted by Crippen LogP contribution is 2.41. The Morgan fingerprint density at radius 1 is 1.28 bits per heavy atom. The SMILES string of the molecule is CN/C=C\C(=N)C[C@@H]1COc2cc(-c3ccccc3NS(=O)(=O)C(F)(F)F)ccc2[C@H]1O. The van der Waals surface area contributed by atoms with Crippen LogP contribution < -0.4 is 14.8 Å². The molecule has 0 radical (unpaired) electrons. The number of alkyl halides is 3. The lowest BCUT2D eigenvalue weighted by Crippen LogP contribution is -2.30. The number of allylic oxidation sites excluding steroid dienone is 1. The number of ether oxygens (including phenoxy) is 1. The van der Waals surface area contributed by atoms with Crippen molar-refractivity contribution < 1.29 is 31.4 Å². The largest absolute Gasteiger partial charge is 0.516 e. The van der Waals surface area contributed by atoms with Crippen molar-refractivity contribution >= 4 is 21.4 Å². The fourth-order valence-corrected chi connectivity index (χ4v) is 3.93. The zero-order valence-corrected chi connectivity index (χ0v) is 17.8. The molecule has 1 heterocycles. The first-order valence-electron chi connectivity index (χ1n) is 9.58. The van der Waals surface area contributed by atoms with Crippen molar-refractivity contribution in [3.8, 4) is 16.9 Å². The van der Waals surface area contributed by atoms with Crippen molar-refractivity contribution in [1.29, 1.82) is 5.41 Å². The molecule has 32 heavy (non-hydrogen) atoms. The number of hydrogen-bond acceptors (Lipinski definition) is 6. The molecule has 0 amide bonds. The van der Waals surface area contributed by atoms with E-state index in [2.05, 4.69) is 5.32 Å². The topological polar surface area (TPSA) is 112 Å². The molecule has 2 atom stereocenters. The molecule has 1 aliphatic rings. The van der Waals surface area contributed by atoms with Gasteiger partial charge in [0.15, 0.2) is 0 Å². The molecule has 0 saturated carbocycles. The summed E-state index contributed by atoms with van der Waals surface area (Å²) < 4.78 is 68.8. The molecule has 11 heteroatoms. The first-order valence-corrected chi connectivity index (χ1v) is 11.1. The summed E-state index contributed by atoms with van der Waals surface area (Å²) in [7, 11) is -3.87. The second kappa shape index (κ2) is 9.21. The molecule has 0 fully saturated rings. The van der Waals surface area contributed by atoms with E-state index in [1.807, 2.05) is 0 Å². The molecule has 0 aromatic heterocycles. The van der Waals surface area contributed by atoms with E-state index < -0.39 is 21.6 Å². The average molecular weight is 469 g/mol. The molecule has 7 nitrogen and oxygen atoms in total. The van der Waals surface area contributed by atoms with Crippen LogP contribution in [0.4, 0.5) is 18.9 Å². The Bertz CT molecular complexity index is 1130. The molecule has 1 aliphatic heterocycles. The number of fused-ring (bicyclic) bond motifs is 1. The van der Waals surface area contributed by atoms with Crippen LogP contribution in [0.15, 0.2) is 54.7 Å². The highest BCUT2D eigenvalue weighted by atomic mass is 32.2. The van der Waals surface area contributed by atoms with Crippen LogP contribution in [0.1, 0.15) is 18.1 Å². The molecule has 0 unspecified atom stereocenters. The highest BCUT2D eigenvalue weighted by molar-refractivity contribution is 7.93. The molecule has 0 aliphatic carbocycles. The van der Waals surface area contributed by atoms with Gasteiger partial charge >= 0.3 is 15.5 Å². The van der Waals surface area contributed by atoms with Gasteiger partial charge in [0.25, 0.3) is 0 Å². The van der Waals surface area contributed by atoms with Crippen molar-refractivity contribution in [2.75, 3.05) is 18.4 Å². The van der Waals surface area contributed by atoms with Crippen LogP contribution in [0, 0.1) is 11.3 Å². The smallest absolute Gasteiger partial charge is 0.493 e. The third kappa shape index (κ3) is 5.05. The van der Waals surface area contributed by atoms with E-state index in [1.165, 1.54) is 18.2 Å². The van der Waals surface area contributed by atoms with Crippen LogP contribution in [-0.2, 0) is 10.0 Å². The molecular weight excluding hydrogens is 447 g/mol. The van der Waals surface area contributed by atoms with Crippen LogP contribution in [0.5, 0.6) is 5.75 Å². The van der Waals surface area contributed by atoms with Crippen molar-refractivity contribution in [2.24, 2.45) is 5.92 Å². The first kappa shape index (κ1) is 23.6. The average Bonchev–Trinajstić information content (AvgIpc) is 2.73. The number of anilines is 1. The monoisotopic (exact) mass is 469 g/mol. The predicted octanol–water partition coefficient (Wildman–Crippen LogP) is 3.80. The molecule has 2 aromatic rings. The van der Waals surface area contributed by atoms with Crippen LogP contribution in [-0.4, -0.2) is 38.4 Å². The predicted molar refractivity (Wildman–Crippen MR) is 115 cm³/mol. The molecule has 2 aromatic carbocycles. The lowest BCUT2D eigenvalue weighted by Gasteiger charge is -2.30. The van der Waals surface area contributed by atoms with E-state index in [0.717, 1.165) is 0 Å². The molecule has 3 rings (SSSR count). The minimum Gasteiger partial charge on any atom is -0.493 e. The van der Waals surface area contributed by atoms with Gasteiger partial charge in [-0.3, -0.25) is 4.72 Å². The van der Waals surface area contributed by atoms with Crippen molar-refractivity contribution in [2.45, 2.75) is 18.0 Å². The van der Waals surface area contributed by atoms with Crippen LogP contribution >= 0.6 is 0 Å². The number of benzene rings is 2. The van der Waals surface area contributed by atoms with E-state index >= 15 is 0 Å². The minimum absolute atomic E-state index is 0.149. The number of para-hydroxylation sites is 1. The summed E-state index contributed by atoms with van der Waals surface area (Å²) in [6.45, 7) is 0.149. The Kier molecular flexibility index (Phi) is 6.79. The quantitative estimate of drug-likeness (QED) is 0.461. The Balaban J connectivity index is 1.87.